The Morgan fingerprint density at radius 3 is 2.51 bits per heavy atom. The number of amides is 3. The molecule has 1 fully saturated rings. The lowest BCUT2D eigenvalue weighted by Gasteiger charge is -2.30. The molecule has 0 saturated heterocycles. The highest BCUT2D eigenvalue weighted by Crippen LogP contribution is 2.28. The van der Waals surface area contributed by atoms with Crippen molar-refractivity contribution >= 4 is 23.6 Å². The molecule has 1 aromatic heterocycles. The minimum atomic E-state index is -1.01. The second kappa shape index (κ2) is 14.3. The van der Waals surface area contributed by atoms with E-state index in [4.69, 9.17) is 10.5 Å². The number of ether oxygens (including phenoxy) is 1. The summed E-state index contributed by atoms with van der Waals surface area (Å²) < 4.78 is 6.69. The summed E-state index contributed by atoms with van der Waals surface area (Å²) in [6, 6.07) is -1.52. The Kier molecular flexibility index (Phi) is 11.8. The fraction of sp³-hybridized carbons (Fsp3) is 0.769. The quantitative estimate of drug-likeness (QED) is 0.282. The Labute approximate surface area is 220 Å². The number of nitrogens with zero attached hydrogens (tertiary/aromatic N) is 2. The van der Waals surface area contributed by atoms with Crippen LogP contribution in [0.5, 0.6) is 0 Å². The highest BCUT2D eigenvalue weighted by molar-refractivity contribution is 5.84. The molecule has 11 heteroatoms. The molecule has 37 heavy (non-hydrogen) atoms. The van der Waals surface area contributed by atoms with E-state index in [9.17, 15) is 19.5 Å². The van der Waals surface area contributed by atoms with Gasteiger partial charge < -0.3 is 26.2 Å². The molecule has 0 spiro atoms. The number of carbonyl (C=O) groups excluding carboxylic acids is 3. The van der Waals surface area contributed by atoms with Gasteiger partial charge in [0.25, 0.3) is 0 Å². The Hall–Kier alpha value is -2.66. The van der Waals surface area contributed by atoms with Gasteiger partial charge in [0, 0.05) is 12.7 Å². The van der Waals surface area contributed by atoms with Gasteiger partial charge >= 0.3 is 6.09 Å². The van der Waals surface area contributed by atoms with Crippen molar-refractivity contribution in [2.24, 2.45) is 17.6 Å². The smallest absolute Gasteiger partial charge is 0.412 e. The summed E-state index contributed by atoms with van der Waals surface area (Å²) in [4.78, 5) is 37.2. The maximum atomic E-state index is 13.0. The van der Waals surface area contributed by atoms with Crippen molar-refractivity contribution in [3.05, 3.63) is 12.4 Å². The van der Waals surface area contributed by atoms with Gasteiger partial charge in [0.1, 0.15) is 11.6 Å². The Morgan fingerprint density at radius 1 is 1.22 bits per heavy atom. The molecule has 0 aromatic carbocycles. The van der Waals surface area contributed by atoms with Crippen LogP contribution in [0, 0.1) is 11.8 Å². The number of anilines is 1. The van der Waals surface area contributed by atoms with Gasteiger partial charge in [0.15, 0.2) is 0 Å². The summed E-state index contributed by atoms with van der Waals surface area (Å²) in [5.41, 5.74) is 5.95. The van der Waals surface area contributed by atoms with Crippen molar-refractivity contribution in [3.8, 4) is 0 Å². The van der Waals surface area contributed by atoms with Gasteiger partial charge in [-0.1, -0.05) is 46.0 Å². The van der Waals surface area contributed by atoms with E-state index in [0.29, 0.717) is 30.5 Å². The molecule has 2 rings (SSSR count). The lowest BCUT2D eigenvalue weighted by atomic mass is 9.83. The number of aromatic nitrogens is 2. The molecule has 0 unspecified atom stereocenters. The molecule has 0 bridgehead atoms. The fourth-order valence-corrected chi connectivity index (χ4v) is 4.34. The molecule has 1 heterocycles. The first kappa shape index (κ1) is 30.6. The van der Waals surface area contributed by atoms with Gasteiger partial charge in [-0.25, -0.2) is 4.79 Å². The third-order valence-corrected chi connectivity index (χ3v) is 6.21. The lowest BCUT2D eigenvalue weighted by molar-refractivity contribution is -0.127. The minimum absolute atomic E-state index is 0.0724. The van der Waals surface area contributed by atoms with Crippen LogP contribution in [-0.2, 0) is 20.9 Å². The predicted molar refractivity (Wildman–Crippen MR) is 142 cm³/mol. The monoisotopic (exact) mass is 522 g/mol. The fourth-order valence-electron chi connectivity index (χ4n) is 4.34. The predicted octanol–water partition coefficient (Wildman–Crippen LogP) is 2.54. The zero-order chi connectivity index (χ0) is 27.6. The topological polar surface area (TPSA) is 161 Å². The first-order valence-corrected chi connectivity index (χ1v) is 13.4. The normalized spacial score (nSPS) is 17.1. The molecule has 210 valence electrons. The van der Waals surface area contributed by atoms with Crippen LogP contribution >= 0.6 is 0 Å². The number of hydrogen-bond acceptors (Lipinski definition) is 7. The van der Waals surface area contributed by atoms with Gasteiger partial charge in [-0.15, -0.1) is 0 Å². The van der Waals surface area contributed by atoms with Crippen molar-refractivity contribution in [1.29, 1.82) is 0 Å². The van der Waals surface area contributed by atoms with Gasteiger partial charge in [-0.3, -0.25) is 19.6 Å². The summed E-state index contributed by atoms with van der Waals surface area (Å²) in [6.45, 7) is 9.91. The Bertz CT molecular complexity index is 875. The van der Waals surface area contributed by atoms with Crippen LogP contribution in [0.25, 0.3) is 0 Å². The zero-order valence-electron chi connectivity index (χ0n) is 23.0. The molecular formula is C26H46N6O5. The standard InChI is InChI=1S/C26H46N6O5/c1-17(2)13-28-23(34)12-22(33)21(11-18-9-7-6-8-10-18)31-24(35)20(27)16-32-15-19(14-29-32)30-25(36)37-26(3,4)5/h14-15,17-18,20-22,33H,6-13,16,27H2,1-5H3,(H,28,34)(H,30,36)(H,31,35)/t20-,21-,22-/m0/s1. The molecule has 3 atom stereocenters. The highest BCUT2D eigenvalue weighted by Gasteiger charge is 2.29. The molecule has 0 aliphatic heterocycles. The molecule has 1 aliphatic rings. The number of carbonyl (C=O) groups is 3. The van der Waals surface area contributed by atoms with Crippen molar-refractivity contribution in [3.63, 3.8) is 0 Å². The summed E-state index contributed by atoms with van der Waals surface area (Å²) in [6.07, 6.45) is 7.46. The van der Waals surface area contributed by atoms with Gasteiger partial charge in [-0.2, -0.15) is 5.10 Å². The molecule has 1 aromatic rings. The summed E-state index contributed by atoms with van der Waals surface area (Å²) in [5, 5.41) is 23.3. The first-order valence-electron chi connectivity index (χ1n) is 13.4. The van der Waals surface area contributed by atoms with Crippen molar-refractivity contribution < 1.29 is 24.2 Å². The third kappa shape index (κ3) is 12.0. The molecule has 6 N–H and O–H groups in total. The summed E-state index contributed by atoms with van der Waals surface area (Å²) >= 11 is 0. The van der Waals surface area contributed by atoms with Crippen LogP contribution in [0.15, 0.2) is 12.4 Å². The van der Waals surface area contributed by atoms with Crippen molar-refractivity contribution in [2.75, 3.05) is 11.9 Å². The number of rotatable bonds is 12. The maximum Gasteiger partial charge on any atom is 0.412 e. The zero-order valence-corrected chi connectivity index (χ0v) is 23.0. The van der Waals surface area contributed by atoms with Crippen LogP contribution in [0.3, 0.4) is 0 Å². The van der Waals surface area contributed by atoms with E-state index in [2.05, 4.69) is 21.0 Å². The third-order valence-electron chi connectivity index (χ3n) is 6.21. The largest absolute Gasteiger partial charge is 0.444 e. The number of aliphatic hydroxyl groups is 1. The van der Waals surface area contributed by atoms with Gasteiger partial charge in [-0.05, 0) is 39.0 Å². The van der Waals surface area contributed by atoms with Gasteiger partial charge in [0.05, 0.1) is 37.0 Å². The van der Waals surface area contributed by atoms with Crippen molar-refractivity contribution in [2.45, 2.75) is 110 Å². The van der Waals surface area contributed by atoms with E-state index >= 15 is 0 Å². The van der Waals surface area contributed by atoms with Crippen LogP contribution in [-0.4, -0.2) is 63.1 Å². The SMILES string of the molecule is CC(C)CNC(=O)C[C@H](O)[C@H](CC1CCCCC1)NC(=O)[C@@H](N)Cn1cc(NC(=O)OC(C)(C)C)cn1. The van der Waals surface area contributed by atoms with Gasteiger partial charge in [0.2, 0.25) is 11.8 Å². The van der Waals surface area contributed by atoms with E-state index in [-0.39, 0.29) is 18.9 Å². The average Bonchev–Trinajstić information content (AvgIpc) is 3.22. The van der Waals surface area contributed by atoms with Crippen LogP contribution < -0.4 is 21.7 Å². The summed E-state index contributed by atoms with van der Waals surface area (Å²) in [7, 11) is 0. The van der Waals surface area contributed by atoms with Crippen LogP contribution in [0.1, 0.15) is 79.6 Å². The van der Waals surface area contributed by atoms with Crippen LogP contribution in [0.2, 0.25) is 0 Å². The number of nitrogens with one attached hydrogen (secondary N) is 3. The number of hydrogen-bond donors (Lipinski definition) is 5. The van der Waals surface area contributed by atoms with Crippen molar-refractivity contribution in [1.82, 2.24) is 20.4 Å². The molecule has 11 nitrogen and oxygen atoms in total. The second-order valence-corrected chi connectivity index (χ2v) is 11.5. The van der Waals surface area contributed by atoms with E-state index in [1.165, 1.54) is 17.3 Å². The second-order valence-electron chi connectivity index (χ2n) is 11.5. The molecule has 3 amide bonds. The van der Waals surface area contributed by atoms with E-state index in [1.807, 2.05) is 13.8 Å². The van der Waals surface area contributed by atoms with E-state index < -0.39 is 35.8 Å². The minimum Gasteiger partial charge on any atom is -0.444 e. The average molecular weight is 523 g/mol. The molecule has 1 saturated carbocycles. The summed E-state index contributed by atoms with van der Waals surface area (Å²) in [5.74, 6) is 0.0183. The highest BCUT2D eigenvalue weighted by atomic mass is 16.6. The van der Waals surface area contributed by atoms with Crippen LogP contribution in [0.4, 0.5) is 10.5 Å². The maximum absolute atomic E-state index is 13.0. The lowest BCUT2D eigenvalue weighted by Crippen LogP contribution is -2.52. The Balaban J connectivity index is 1.96. The Morgan fingerprint density at radius 2 is 1.89 bits per heavy atom. The first-order chi connectivity index (χ1) is 17.3. The molecule has 1 aliphatic carbocycles. The van der Waals surface area contributed by atoms with E-state index in [0.717, 1.165) is 25.7 Å². The molecular weight excluding hydrogens is 476 g/mol. The van der Waals surface area contributed by atoms with E-state index in [1.54, 1.807) is 27.0 Å². The number of aliphatic hydroxyl groups excluding tert-OH is 1. The molecule has 0 radical (unpaired) electrons. The number of nitrogens with two attached hydrogens (primary N) is 1.